The van der Waals surface area contributed by atoms with E-state index in [0.717, 1.165) is 8.25 Å². The van der Waals surface area contributed by atoms with Crippen molar-refractivity contribution in [1.82, 2.24) is 15.0 Å². The number of hydrogen-bond acceptors (Lipinski definition) is 6. The summed E-state index contributed by atoms with van der Waals surface area (Å²) in [5.74, 6) is -1.23. The van der Waals surface area contributed by atoms with Crippen LogP contribution in [0.3, 0.4) is 0 Å². The molecule has 0 unspecified atom stereocenters. The van der Waals surface area contributed by atoms with Crippen LogP contribution in [0.25, 0.3) is 10.9 Å². The lowest BCUT2D eigenvalue weighted by molar-refractivity contribution is -0.148. The lowest BCUT2D eigenvalue weighted by Crippen LogP contribution is -2.30. The fourth-order valence-electron chi connectivity index (χ4n) is 2.17. The Hall–Kier alpha value is -2.82. The minimum absolute atomic E-state index is 0.353. The molecule has 3 aromatic rings. The highest BCUT2D eigenvalue weighted by Gasteiger charge is 2.12. The summed E-state index contributed by atoms with van der Waals surface area (Å²) in [5, 5.41) is 10.5. The van der Waals surface area contributed by atoms with E-state index in [9.17, 15) is 14.4 Å². The van der Waals surface area contributed by atoms with Gasteiger partial charge in [-0.25, -0.2) is 0 Å². The molecule has 1 heterocycles. The largest absolute Gasteiger partial charge is 0.454 e. The smallest absolute Gasteiger partial charge is 0.328 e. The van der Waals surface area contributed by atoms with Crippen molar-refractivity contribution >= 4 is 51.1 Å². The number of hydrogen-bond donors (Lipinski definition) is 1. The summed E-state index contributed by atoms with van der Waals surface area (Å²) in [6.07, 6.45) is 0. The number of esters is 1. The standard InChI is InChI=1S/C17H13IN4O4/c18-11-5-7-12(8-6-11)19-15(23)10-26-16(24)9-22-17(25)13-3-1-2-4-14(13)20-21-22/h1-8H,9-10H2,(H,19,23). The van der Waals surface area contributed by atoms with E-state index in [2.05, 4.69) is 38.2 Å². The maximum atomic E-state index is 12.2. The van der Waals surface area contributed by atoms with Gasteiger partial charge in [-0.05, 0) is 59.0 Å². The molecule has 3 rings (SSSR count). The van der Waals surface area contributed by atoms with Crippen molar-refractivity contribution < 1.29 is 14.3 Å². The van der Waals surface area contributed by atoms with Gasteiger partial charge in [0, 0.05) is 9.26 Å². The zero-order chi connectivity index (χ0) is 18.5. The molecule has 26 heavy (non-hydrogen) atoms. The Labute approximate surface area is 161 Å². The summed E-state index contributed by atoms with van der Waals surface area (Å²) in [6, 6.07) is 13.9. The number of nitrogens with one attached hydrogen (secondary N) is 1. The predicted molar refractivity (Wildman–Crippen MR) is 103 cm³/mol. The SMILES string of the molecule is O=C(COC(=O)Cn1nnc2ccccc2c1=O)Nc1ccc(I)cc1. The van der Waals surface area contributed by atoms with Crippen molar-refractivity contribution in [2.45, 2.75) is 6.54 Å². The first-order chi connectivity index (χ1) is 12.5. The van der Waals surface area contributed by atoms with Crippen molar-refractivity contribution in [2.24, 2.45) is 0 Å². The first-order valence-corrected chi connectivity index (χ1v) is 8.64. The number of rotatable bonds is 5. The third-order valence-electron chi connectivity index (χ3n) is 3.40. The van der Waals surface area contributed by atoms with Gasteiger partial charge < -0.3 is 10.1 Å². The first-order valence-electron chi connectivity index (χ1n) is 7.56. The highest BCUT2D eigenvalue weighted by atomic mass is 127. The van der Waals surface area contributed by atoms with Crippen LogP contribution in [0.15, 0.2) is 53.3 Å². The Bertz CT molecular complexity index is 1020. The van der Waals surface area contributed by atoms with Crippen molar-refractivity contribution in [3.05, 3.63) is 62.5 Å². The van der Waals surface area contributed by atoms with E-state index >= 15 is 0 Å². The molecule has 1 amide bonds. The van der Waals surface area contributed by atoms with Gasteiger partial charge in [-0.3, -0.25) is 14.4 Å². The van der Waals surface area contributed by atoms with E-state index in [1.54, 1.807) is 36.4 Å². The molecule has 8 nitrogen and oxygen atoms in total. The Balaban J connectivity index is 1.57. The molecule has 0 spiro atoms. The van der Waals surface area contributed by atoms with Crippen LogP contribution in [0.1, 0.15) is 0 Å². The van der Waals surface area contributed by atoms with E-state index < -0.39 is 30.6 Å². The van der Waals surface area contributed by atoms with E-state index in [-0.39, 0.29) is 0 Å². The summed E-state index contributed by atoms with van der Waals surface area (Å²) in [4.78, 5) is 35.9. The molecule has 0 fully saturated rings. The normalized spacial score (nSPS) is 10.5. The molecule has 0 aliphatic carbocycles. The molecular weight excluding hydrogens is 451 g/mol. The maximum Gasteiger partial charge on any atom is 0.328 e. The Morgan fingerprint density at radius 2 is 1.85 bits per heavy atom. The maximum absolute atomic E-state index is 12.2. The molecule has 0 bridgehead atoms. The van der Waals surface area contributed by atoms with Gasteiger partial charge in [-0.15, -0.1) is 5.10 Å². The van der Waals surface area contributed by atoms with Crippen LogP contribution in [0.2, 0.25) is 0 Å². The van der Waals surface area contributed by atoms with Crippen LogP contribution < -0.4 is 10.9 Å². The number of fused-ring (bicyclic) bond motifs is 1. The van der Waals surface area contributed by atoms with Gasteiger partial charge >= 0.3 is 5.97 Å². The molecule has 2 aromatic carbocycles. The van der Waals surface area contributed by atoms with Gasteiger partial charge in [0.1, 0.15) is 12.1 Å². The van der Waals surface area contributed by atoms with Crippen molar-refractivity contribution in [1.29, 1.82) is 0 Å². The van der Waals surface area contributed by atoms with Crippen LogP contribution >= 0.6 is 22.6 Å². The van der Waals surface area contributed by atoms with Gasteiger partial charge in [0.05, 0.1) is 5.39 Å². The molecule has 1 N–H and O–H groups in total. The molecule has 9 heteroatoms. The van der Waals surface area contributed by atoms with Crippen LogP contribution in [-0.2, 0) is 20.9 Å². The number of halogens is 1. The number of amides is 1. The molecule has 0 atom stereocenters. The van der Waals surface area contributed by atoms with Gasteiger partial charge in [-0.1, -0.05) is 17.3 Å². The second-order valence-electron chi connectivity index (χ2n) is 5.29. The number of carbonyl (C=O) groups excluding carboxylic acids is 2. The molecule has 132 valence electrons. The summed E-state index contributed by atoms with van der Waals surface area (Å²) in [5.41, 5.74) is 0.595. The zero-order valence-electron chi connectivity index (χ0n) is 13.4. The average molecular weight is 464 g/mol. The number of benzene rings is 2. The second kappa shape index (κ2) is 8.04. The Kier molecular flexibility index (Phi) is 5.56. The second-order valence-corrected chi connectivity index (χ2v) is 6.53. The lowest BCUT2D eigenvalue weighted by atomic mass is 10.2. The molecule has 1 aromatic heterocycles. The van der Waals surface area contributed by atoms with Crippen LogP contribution in [0, 0.1) is 3.57 Å². The molecule has 0 radical (unpaired) electrons. The van der Waals surface area contributed by atoms with E-state index in [1.165, 1.54) is 0 Å². The number of anilines is 1. The molecule has 0 saturated carbocycles. The first kappa shape index (κ1) is 18.0. The van der Waals surface area contributed by atoms with Crippen molar-refractivity contribution in [2.75, 3.05) is 11.9 Å². The topological polar surface area (TPSA) is 103 Å². The highest BCUT2D eigenvalue weighted by molar-refractivity contribution is 14.1. The number of nitrogens with zero attached hydrogens (tertiary/aromatic N) is 3. The third kappa shape index (κ3) is 4.42. The van der Waals surface area contributed by atoms with Crippen LogP contribution in [-0.4, -0.2) is 33.5 Å². The fraction of sp³-hybridized carbons (Fsp3) is 0.118. The summed E-state index contributed by atoms with van der Waals surface area (Å²) in [6.45, 7) is -0.881. The molecule has 0 aliphatic heterocycles. The Morgan fingerprint density at radius 1 is 1.12 bits per heavy atom. The van der Waals surface area contributed by atoms with Crippen molar-refractivity contribution in [3.63, 3.8) is 0 Å². The predicted octanol–water partition coefficient (Wildman–Crippen LogP) is 1.58. The quantitative estimate of drug-likeness (QED) is 0.455. The minimum atomic E-state index is -0.755. The van der Waals surface area contributed by atoms with E-state index in [0.29, 0.717) is 16.6 Å². The van der Waals surface area contributed by atoms with E-state index in [4.69, 9.17) is 4.74 Å². The number of carbonyl (C=O) groups is 2. The van der Waals surface area contributed by atoms with Gasteiger partial charge in [0.15, 0.2) is 6.61 Å². The third-order valence-corrected chi connectivity index (χ3v) is 4.12. The lowest BCUT2D eigenvalue weighted by Gasteiger charge is -2.07. The minimum Gasteiger partial charge on any atom is -0.454 e. The van der Waals surface area contributed by atoms with Crippen molar-refractivity contribution in [3.8, 4) is 0 Å². The monoisotopic (exact) mass is 464 g/mol. The molecule has 0 aliphatic rings. The molecule has 0 saturated heterocycles. The van der Waals surface area contributed by atoms with Crippen LogP contribution in [0.5, 0.6) is 0 Å². The van der Waals surface area contributed by atoms with E-state index in [1.807, 2.05) is 12.1 Å². The average Bonchev–Trinajstić information content (AvgIpc) is 2.64. The summed E-state index contributed by atoms with van der Waals surface area (Å²) >= 11 is 2.15. The van der Waals surface area contributed by atoms with Gasteiger partial charge in [-0.2, -0.15) is 4.68 Å². The highest BCUT2D eigenvalue weighted by Crippen LogP contribution is 2.10. The number of ether oxygens (including phenoxy) is 1. The summed E-state index contributed by atoms with van der Waals surface area (Å²) < 4.78 is 6.83. The van der Waals surface area contributed by atoms with Gasteiger partial charge in [0.2, 0.25) is 0 Å². The number of aromatic nitrogens is 3. The summed E-state index contributed by atoms with van der Waals surface area (Å²) in [7, 11) is 0. The van der Waals surface area contributed by atoms with Gasteiger partial charge in [0.25, 0.3) is 11.5 Å². The Morgan fingerprint density at radius 3 is 2.62 bits per heavy atom. The fourth-order valence-corrected chi connectivity index (χ4v) is 2.53. The zero-order valence-corrected chi connectivity index (χ0v) is 15.5. The molecular formula is C17H13IN4O4. The van der Waals surface area contributed by atoms with Crippen LogP contribution in [0.4, 0.5) is 5.69 Å².